The highest BCUT2D eigenvalue weighted by Gasteiger charge is 2.24. The maximum Gasteiger partial charge on any atom is 0.292 e. The molecule has 0 aromatic heterocycles. The molecule has 1 unspecified atom stereocenters. The minimum absolute atomic E-state index is 0.190. The van der Waals surface area contributed by atoms with Crippen LogP contribution in [0.2, 0.25) is 0 Å². The molecule has 1 atom stereocenters. The van der Waals surface area contributed by atoms with Gasteiger partial charge in [-0.1, -0.05) is 48.5 Å². The molecule has 0 heterocycles. The number of rotatable bonds is 4. The first-order chi connectivity index (χ1) is 10.1. The molecular weight excluding hydrogens is 262 g/mol. The van der Waals surface area contributed by atoms with Crippen molar-refractivity contribution in [2.75, 3.05) is 0 Å². The van der Waals surface area contributed by atoms with Gasteiger partial charge in [-0.05, 0) is 24.1 Å². The van der Waals surface area contributed by atoms with Gasteiger partial charge in [0.05, 0.1) is 0 Å². The Balaban J connectivity index is 2.31. The van der Waals surface area contributed by atoms with E-state index in [-0.39, 0.29) is 5.91 Å². The Morgan fingerprint density at radius 1 is 1.10 bits per heavy atom. The van der Waals surface area contributed by atoms with Crippen molar-refractivity contribution in [2.45, 2.75) is 19.9 Å². The van der Waals surface area contributed by atoms with E-state index in [2.05, 4.69) is 10.1 Å². The topological polar surface area (TPSA) is 65.5 Å². The van der Waals surface area contributed by atoms with Crippen molar-refractivity contribution in [3.05, 3.63) is 76.8 Å². The first-order valence-corrected chi connectivity index (χ1v) is 6.73. The van der Waals surface area contributed by atoms with Crippen molar-refractivity contribution in [2.24, 2.45) is 0 Å². The van der Waals surface area contributed by atoms with Gasteiger partial charge in [-0.3, -0.25) is 4.79 Å². The second-order valence-corrected chi connectivity index (χ2v) is 4.87. The van der Waals surface area contributed by atoms with Gasteiger partial charge in [0.2, 0.25) is 0 Å². The Labute approximate surface area is 124 Å². The minimum Gasteiger partial charge on any atom is -0.362 e. The molecule has 0 aliphatic rings. The number of carbonyl (C=O) groups excluding carboxylic acids is 1. The van der Waals surface area contributed by atoms with E-state index in [0.29, 0.717) is 11.3 Å². The standard InChI is InChI=1S/C17H17N3O/c1-12-8-6-7-11-15(12)17(21)19-16(13(2)20-18)14-9-4-3-5-10-14/h3-11,16H,1-2H3,(H,19,21). The summed E-state index contributed by atoms with van der Waals surface area (Å²) in [6.07, 6.45) is 0. The summed E-state index contributed by atoms with van der Waals surface area (Å²) in [5, 5.41) is 2.91. The monoisotopic (exact) mass is 279 g/mol. The molecule has 0 bridgehead atoms. The van der Waals surface area contributed by atoms with Gasteiger partial charge < -0.3 is 10.8 Å². The van der Waals surface area contributed by atoms with E-state index < -0.39 is 6.04 Å². The van der Waals surface area contributed by atoms with E-state index in [9.17, 15) is 4.79 Å². The van der Waals surface area contributed by atoms with Crippen molar-refractivity contribution in [3.8, 4) is 0 Å². The zero-order valence-corrected chi connectivity index (χ0v) is 12.1. The van der Waals surface area contributed by atoms with Gasteiger partial charge in [-0.2, -0.15) is 4.79 Å². The molecule has 1 N–H and O–H groups in total. The lowest BCUT2D eigenvalue weighted by atomic mass is 10.0. The van der Waals surface area contributed by atoms with Crippen LogP contribution in [0.1, 0.15) is 34.5 Å². The fourth-order valence-corrected chi connectivity index (χ4v) is 2.17. The molecule has 0 saturated heterocycles. The van der Waals surface area contributed by atoms with Crippen molar-refractivity contribution >= 4 is 11.6 Å². The number of amides is 1. The van der Waals surface area contributed by atoms with Gasteiger partial charge in [0, 0.05) is 12.5 Å². The van der Waals surface area contributed by atoms with Gasteiger partial charge in [0.1, 0.15) is 0 Å². The van der Waals surface area contributed by atoms with Gasteiger partial charge in [-0.25, -0.2) is 0 Å². The third kappa shape index (κ3) is 3.44. The molecule has 4 nitrogen and oxygen atoms in total. The van der Waals surface area contributed by atoms with Gasteiger partial charge in [-0.15, -0.1) is 0 Å². The molecule has 2 aromatic carbocycles. The molecule has 2 aromatic rings. The summed E-state index contributed by atoms with van der Waals surface area (Å²) in [5.41, 5.74) is 11.9. The molecular formula is C17H17N3O. The second kappa shape index (κ2) is 6.64. The van der Waals surface area contributed by atoms with Crippen LogP contribution in [0.15, 0.2) is 54.6 Å². The summed E-state index contributed by atoms with van der Waals surface area (Å²) in [4.78, 5) is 15.7. The van der Waals surface area contributed by atoms with Crippen molar-refractivity contribution in [3.63, 3.8) is 0 Å². The SMILES string of the molecule is CC(=[N+]=[N-])C(NC(=O)c1ccccc1C)c1ccccc1. The molecule has 0 aliphatic carbocycles. The van der Waals surface area contributed by atoms with E-state index >= 15 is 0 Å². The van der Waals surface area contributed by atoms with Crippen LogP contribution < -0.4 is 5.32 Å². The highest BCUT2D eigenvalue weighted by atomic mass is 16.1. The number of benzene rings is 2. The normalized spacial score (nSPS) is 11.3. The fraction of sp³-hybridized carbons (Fsp3) is 0.176. The third-order valence-corrected chi connectivity index (χ3v) is 3.37. The van der Waals surface area contributed by atoms with Crippen LogP contribution in [-0.4, -0.2) is 16.4 Å². The zero-order valence-electron chi connectivity index (χ0n) is 12.1. The van der Waals surface area contributed by atoms with E-state index in [1.165, 1.54) is 0 Å². The Morgan fingerprint density at radius 3 is 2.33 bits per heavy atom. The lowest BCUT2D eigenvalue weighted by Crippen LogP contribution is -2.33. The first kappa shape index (κ1) is 14.7. The third-order valence-electron chi connectivity index (χ3n) is 3.37. The van der Waals surface area contributed by atoms with E-state index in [4.69, 9.17) is 5.53 Å². The number of nitrogens with zero attached hydrogens (tertiary/aromatic N) is 2. The predicted octanol–water partition coefficient (Wildman–Crippen LogP) is 3.16. The first-order valence-electron chi connectivity index (χ1n) is 6.73. The summed E-state index contributed by atoms with van der Waals surface area (Å²) in [6.45, 7) is 3.56. The number of nitrogens with one attached hydrogen (secondary N) is 1. The summed E-state index contributed by atoms with van der Waals surface area (Å²) >= 11 is 0. The maximum absolute atomic E-state index is 12.4. The zero-order chi connectivity index (χ0) is 15.2. The van der Waals surface area contributed by atoms with E-state index in [0.717, 1.165) is 11.1 Å². The van der Waals surface area contributed by atoms with Crippen molar-refractivity contribution < 1.29 is 9.58 Å². The van der Waals surface area contributed by atoms with Crippen LogP contribution in [0.5, 0.6) is 0 Å². The summed E-state index contributed by atoms with van der Waals surface area (Å²) < 4.78 is 0. The number of hydrogen-bond acceptors (Lipinski definition) is 1. The molecule has 2 rings (SSSR count). The van der Waals surface area contributed by atoms with Gasteiger partial charge in [0.25, 0.3) is 11.6 Å². The molecule has 0 spiro atoms. The molecule has 0 saturated carbocycles. The smallest absolute Gasteiger partial charge is 0.292 e. The molecule has 0 aliphatic heterocycles. The molecule has 0 fully saturated rings. The van der Waals surface area contributed by atoms with Gasteiger partial charge in [0.15, 0.2) is 6.04 Å². The lowest BCUT2D eigenvalue weighted by Gasteiger charge is -2.15. The van der Waals surface area contributed by atoms with Crippen LogP contribution in [0, 0.1) is 6.92 Å². The number of carbonyl (C=O) groups is 1. The van der Waals surface area contributed by atoms with Crippen LogP contribution >= 0.6 is 0 Å². The van der Waals surface area contributed by atoms with E-state index in [1.54, 1.807) is 13.0 Å². The summed E-state index contributed by atoms with van der Waals surface area (Å²) in [6, 6.07) is 16.4. The van der Waals surface area contributed by atoms with Crippen molar-refractivity contribution in [1.29, 1.82) is 0 Å². The van der Waals surface area contributed by atoms with Crippen LogP contribution in [0.4, 0.5) is 0 Å². The highest BCUT2D eigenvalue weighted by Crippen LogP contribution is 2.15. The van der Waals surface area contributed by atoms with Crippen LogP contribution in [0.3, 0.4) is 0 Å². The Hall–Kier alpha value is -2.71. The summed E-state index contributed by atoms with van der Waals surface area (Å²) in [5.74, 6) is -0.190. The molecule has 0 radical (unpaired) electrons. The molecule has 4 heteroatoms. The van der Waals surface area contributed by atoms with E-state index in [1.807, 2.05) is 55.5 Å². The van der Waals surface area contributed by atoms with Crippen LogP contribution in [-0.2, 0) is 0 Å². The Kier molecular flexibility index (Phi) is 4.64. The average molecular weight is 279 g/mol. The molecule has 21 heavy (non-hydrogen) atoms. The summed E-state index contributed by atoms with van der Waals surface area (Å²) in [7, 11) is 0. The fourth-order valence-electron chi connectivity index (χ4n) is 2.17. The second-order valence-electron chi connectivity index (χ2n) is 4.87. The largest absolute Gasteiger partial charge is 0.362 e. The Morgan fingerprint density at radius 2 is 1.71 bits per heavy atom. The molecule has 1 amide bonds. The number of hydrogen-bond donors (Lipinski definition) is 1. The lowest BCUT2D eigenvalue weighted by molar-refractivity contribution is -0.0116. The maximum atomic E-state index is 12.4. The quantitative estimate of drug-likeness (QED) is 0.521. The molecule has 106 valence electrons. The van der Waals surface area contributed by atoms with Gasteiger partial charge >= 0.3 is 0 Å². The highest BCUT2D eigenvalue weighted by molar-refractivity contribution is 5.98. The van der Waals surface area contributed by atoms with Crippen LogP contribution in [0.25, 0.3) is 5.53 Å². The Bertz CT molecular complexity index is 688. The minimum atomic E-state index is -0.455. The number of aryl methyl sites for hydroxylation is 1. The average Bonchev–Trinajstić information content (AvgIpc) is 2.53. The predicted molar refractivity (Wildman–Crippen MR) is 82.1 cm³/mol. The van der Waals surface area contributed by atoms with Crippen molar-refractivity contribution in [1.82, 2.24) is 5.32 Å².